The smallest absolute Gasteiger partial charge is 0.321 e. The summed E-state index contributed by atoms with van der Waals surface area (Å²) in [4.78, 5) is 14.6. The SMILES string of the molecule is CC(C)(C)c1cnc(CSC[C@@H](N)C(=O)O)o1. The van der Waals surface area contributed by atoms with E-state index in [9.17, 15) is 4.79 Å². The Morgan fingerprint density at radius 1 is 1.65 bits per heavy atom. The topological polar surface area (TPSA) is 89.3 Å². The van der Waals surface area contributed by atoms with Gasteiger partial charge in [0.25, 0.3) is 0 Å². The van der Waals surface area contributed by atoms with Gasteiger partial charge in [-0.3, -0.25) is 4.79 Å². The Morgan fingerprint density at radius 3 is 2.76 bits per heavy atom. The first-order chi connectivity index (χ1) is 7.80. The van der Waals surface area contributed by atoms with Crippen molar-refractivity contribution in [3.05, 3.63) is 17.8 Å². The molecule has 1 atom stereocenters. The van der Waals surface area contributed by atoms with Crippen molar-refractivity contribution < 1.29 is 14.3 Å². The van der Waals surface area contributed by atoms with Crippen LogP contribution in [0.15, 0.2) is 10.6 Å². The first-order valence-electron chi connectivity index (χ1n) is 5.32. The minimum atomic E-state index is -0.986. The van der Waals surface area contributed by atoms with Crippen LogP contribution in [0.4, 0.5) is 0 Å². The van der Waals surface area contributed by atoms with Gasteiger partial charge >= 0.3 is 5.97 Å². The van der Waals surface area contributed by atoms with E-state index in [1.54, 1.807) is 6.20 Å². The Hall–Kier alpha value is -1.01. The van der Waals surface area contributed by atoms with Crippen molar-refractivity contribution >= 4 is 17.7 Å². The molecule has 1 heterocycles. The van der Waals surface area contributed by atoms with Crippen LogP contribution in [0.25, 0.3) is 0 Å². The molecule has 1 rings (SSSR count). The first kappa shape index (κ1) is 14.1. The van der Waals surface area contributed by atoms with E-state index in [0.717, 1.165) is 5.76 Å². The molecule has 0 aliphatic carbocycles. The van der Waals surface area contributed by atoms with Crippen molar-refractivity contribution in [2.45, 2.75) is 38.0 Å². The normalized spacial score (nSPS) is 13.6. The molecule has 0 saturated heterocycles. The Morgan fingerprint density at radius 2 is 2.29 bits per heavy atom. The highest BCUT2D eigenvalue weighted by molar-refractivity contribution is 7.98. The quantitative estimate of drug-likeness (QED) is 0.834. The second-order valence-electron chi connectivity index (χ2n) is 4.83. The number of aliphatic carboxylic acids is 1. The summed E-state index contributed by atoms with van der Waals surface area (Å²) in [7, 11) is 0. The lowest BCUT2D eigenvalue weighted by molar-refractivity contribution is -0.137. The summed E-state index contributed by atoms with van der Waals surface area (Å²) in [5, 5.41) is 8.61. The number of carbonyl (C=O) groups is 1. The number of rotatable bonds is 5. The molecule has 0 aromatic carbocycles. The van der Waals surface area contributed by atoms with Crippen molar-refractivity contribution in [1.29, 1.82) is 0 Å². The summed E-state index contributed by atoms with van der Waals surface area (Å²) < 4.78 is 5.57. The van der Waals surface area contributed by atoms with Crippen LogP contribution in [-0.4, -0.2) is 27.9 Å². The van der Waals surface area contributed by atoms with Crippen LogP contribution >= 0.6 is 11.8 Å². The predicted octanol–water partition coefficient (Wildman–Crippen LogP) is 1.62. The standard InChI is InChI=1S/C11H18N2O3S/c1-11(2,3)8-4-13-9(16-8)6-17-5-7(12)10(14)15/h4,7H,5-6,12H2,1-3H3,(H,14,15)/t7-/m1/s1. The summed E-state index contributed by atoms with van der Waals surface area (Å²) in [6, 6.07) is -0.836. The molecule has 0 spiro atoms. The second kappa shape index (κ2) is 5.55. The van der Waals surface area contributed by atoms with Crippen LogP contribution in [0.2, 0.25) is 0 Å². The van der Waals surface area contributed by atoms with Crippen molar-refractivity contribution in [1.82, 2.24) is 4.98 Å². The molecule has 0 saturated carbocycles. The molecule has 0 bridgehead atoms. The van der Waals surface area contributed by atoms with E-state index >= 15 is 0 Å². The molecule has 5 nitrogen and oxygen atoms in total. The molecule has 96 valence electrons. The van der Waals surface area contributed by atoms with Gasteiger partial charge in [-0.15, -0.1) is 11.8 Å². The van der Waals surface area contributed by atoms with Gasteiger partial charge in [-0.2, -0.15) is 0 Å². The van der Waals surface area contributed by atoms with E-state index in [0.29, 0.717) is 17.4 Å². The molecule has 3 N–H and O–H groups in total. The summed E-state index contributed by atoms with van der Waals surface area (Å²) in [5.74, 6) is 1.34. The molecule has 6 heteroatoms. The average molecular weight is 258 g/mol. The Bertz CT molecular complexity index is 384. The highest BCUT2D eigenvalue weighted by atomic mass is 32.2. The number of carboxylic acids is 1. The van der Waals surface area contributed by atoms with Gasteiger partial charge in [-0.1, -0.05) is 20.8 Å². The van der Waals surface area contributed by atoms with E-state index in [-0.39, 0.29) is 5.41 Å². The molecule has 0 amide bonds. The lowest BCUT2D eigenvalue weighted by atomic mass is 9.94. The van der Waals surface area contributed by atoms with Gasteiger partial charge in [0.2, 0.25) is 5.89 Å². The van der Waals surface area contributed by atoms with Crippen LogP contribution in [0.3, 0.4) is 0 Å². The minimum Gasteiger partial charge on any atom is -0.480 e. The van der Waals surface area contributed by atoms with E-state index in [1.165, 1.54) is 11.8 Å². The summed E-state index contributed by atoms with van der Waals surface area (Å²) in [6.07, 6.45) is 1.72. The first-order valence-corrected chi connectivity index (χ1v) is 6.47. The molecule has 0 aliphatic rings. The predicted molar refractivity (Wildman–Crippen MR) is 67.0 cm³/mol. The van der Waals surface area contributed by atoms with Crippen LogP contribution in [0.1, 0.15) is 32.4 Å². The molecule has 0 fully saturated rings. The third-order valence-electron chi connectivity index (χ3n) is 2.13. The number of oxazole rings is 1. The largest absolute Gasteiger partial charge is 0.480 e. The average Bonchev–Trinajstić information content (AvgIpc) is 2.65. The maximum absolute atomic E-state index is 10.5. The zero-order valence-corrected chi connectivity index (χ0v) is 11.1. The summed E-state index contributed by atoms with van der Waals surface area (Å²) in [5.41, 5.74) is 5.32. The van der Waals surface area contributed by atoms with E-state index in [4.69, 9.17) is 15.3 Å². The van der Waals surface area contributed by atoms with E-state index in [2.05, 4.69) is 4.98 Å². The number of nitrogens with two attached hydrogens (primary N) is 1. The molecule has 0 unspecified atom stereocenters. The highest BCUT2D eigenvalue weighted by Crippen LogP contribution is 2.24. The Kier molecular flexibility index (Phi) is 4.59. The van der Waals surface area contributed by atoms with E-state index in [1.807, 2.05) is 20.8 Å². The fourth-order valence-electron chi connectivity index (χ4n) is 1.07. The zero-order chi connectivity index (χ0) is 13.1. The third-order valence-corrected chi connectivity index (χ3v) is 3.18. The van der Waals surface area contributed by atoms with E-state index < -0.39 is 12.0 Å². The van der Waals surface area contributed by atoms with Gasteiger partial charge in [-0.05, 0) is 0 Å². The lowest BCUT2D eigenvalue weighted by Gasteiger charge is -2.13. The number of carboxylic acid groups (broad SMARTS) is 1. The Labute approximate surface area is 105 Å². The van der Waals surface area contributed by atoms with Crippen molar-refractivity contribution in [3.8, 4) is 0 Å². The van der Waals surface area contributed by atoms with Crippen LogP contribution in [0, 0.1) is 0 Å². The maximum atomic E-state index is 10.5. The molecular weight excluding hydrogens is 240 g/mol. The third kappa shape index (κ3) is 4.40. The Balaban J connectivity index is 2.43. The van der Waals surface area contributed by atoms with Gasteiger partial charge in [0.15, 0.2) is 0 Å². The summed E-state index contributed by atoms with van der Waals surface area (Å²) in [6.45, 7) is 6.14. The molecule has 17 heavy (non-hydrogen) atoms. The monoisotopic (exact) mass is 258 g/mol. The van der Waals surface area contributed by atoms with Gasteiger partial charge in [-0.25, -0.2) is 4.98 Å². The van der Waals surface area contributed by atoms with Crippen molar-refractivity contribution in [2.75, 3.05) is 5.75 Å². The fourth-order valence-corrected chi connectivity index (χ4v) is 1.89. The molecular formula is C11H18N2O3S. The minimum absolute atomic E-state index is 0.0621. The number of thioether (sulfide) groups is 1. The van der Waals surface area contributed by atoms with Crippen LogP contribution < -0.4 is 5.73 Å². The summed E-state index contributed by atoms with van der Waals surface area (Å²) >= 11 is 1.40. The van der Waals surface area contributed by atoms with Gasteiger partial charge in [0, 0.05) is 11.2 Å². The second-order valence-corrected chi connectivity index (χ2v) is 5.86. The molecule has 1 aromatic heterocycles. The lowest BCUT2D eigenvalue weighted by Crippen LogP contribution is -2.32. The molecule has 0 radical (unpaired) electrons. The molecule has 0 aliphatic heterocycles. The molecule has 1 aromatic rings. The van der Waals surface area contributed by atoms with Crippen LogP contribution in [-0.2, 0) is 16.0 Å². The highest BCUT2D eigenvalue weighted by Gasteiger charge is 2.19. The van der Waals surface area contributed by atoms with Gasteiger partial charge in [0.05, 0.1) is 11.9 Å². The zero-order valence-electron chi connectivity index (χ0n) is 10.3. The number of hydrogen-bond donors (Lipinski definition) is 2. The number of aromatic nitrogens is 1. The fraction of sp³-hybridized carbons (Fsp3) is 0.636. The number of nitrogens with zero attached hydrogens (tertiary/aromatic N) is 1. The van der Waals surface area contributed by atoms with Gasteiger partial charge in [0.1, 0.15) is 11.8 Å². The van der Waals surface area contributed by atoms with Crippen molar-refractivity contribution in [3.63, 3.8) is 0 Å². The maximum Gasteiger partial charge on any atom is 0.321 e. The number of hydrogen-bond acceptors (Lipinski definition) is 5. The van der Waals surface area contributed by atoms with Crippen molar-refractivity contribution in [2.24, 2.45) is 5.73 Å². The van der Waals surface area contributed by atoms with Crippen LogP contribution in [0.5, 0.6) is 0 Å². The van der Waals surface area contributed by atoms with Gasteiger partial charge < -0.3 is 15.3 Å².